The van der Waals surface area contributed by atoms with Crippen LogP contribution in [0.4, 0.5) is 0 Å². The maximum atomic E-state index is 12.9. The molecule has 8 heteroatoms. The van der Waals surface area contributed by atoms with Gasteiger partial charge in [-0.1, -0.05) is 18.2 Å². The van der Waals surface area contributed by atoms with E-state index in [4.69, 9.17) is 19.6 Å². The van der Waals surface area contributed by atoms with Crippen LogP contribution in [0.1, 0.15) is 28.2 Å². The average molecular weight is 495 g/mol. The second-order valence-electron chi connectivity index (χ2n) is 8.89. The normalized spacial score (nSPS) is 14.6. The van der Waals surface area contributed by atoms with Crippen molar-refractivity contribution in [2.45, 2.75) is 19.3 Å². The minimum absolute atomic E-state index is 0.0638. The van der Waals surface area contributed by atoms with E-state index in [2.05, 4.69) is 4.98 Å². The molecular formula is C28H22N4O3S. The number of thiophene rings is 1. The Hall–Kier alpha value is -4.17. The van der Waals surface area contributed by atoms with Crippen molar-refractivity contribution in [1.82, 2.24) is 19.7 Å². The molecule has 0 unspecified atom stereocenters. The lowest BCUT2D eigenvalue weighted by Gasteiger charge is -2.18. The lowest BCUT2D eigenvalue weighted by atomic mass is 10.1. The largest absolute Gasteiger partial charge is 0.486 e. The van der Waals surface area contributed by atoms with Gasteiger partial charge < -0.3 is 14.5 Å². The molecule has 178 valence electrons. The molecule has 2 aliphatic rings. The number of benzene rings is 2. The third-order valence-corrected chi connectivity index (χ3v) is 7.78. The van der Waals surface area contributed by atoms with Gasteiger partial charge in [-0.2, -0.15) is 5.10 Å². The van der Waals surface area contributed by atoms with E-state index in [-0.39, 0.29) is 5.56 Å². The van der Waals surface area contributed by atoms with Crippen molar-refractivity contribution < 1.29 is 9.47 Å². The van der Waals surface area contributed by atoms with E-state index >= 15 is 0 Å². The van der Waals surface area contributed by atoms with Crippen molar-refractivity contribution in [3.8, 4) is 28.4 Å². The maximum Gasteiger partial charge on any atom is 0.260 e. The number of nitrogens with one attached hydrogen (secondary N) is 1. The van der Waals surface area contributed by atoms with Crippen molar-refractivity contribution >= 4 is 33.7 Å². The van der Waals surface area contributed by atoms with Gasteiger partial charge in [0.05, 0.1) is 11.1 Å². The molecule has 0 saturated carbocycles. The summed E-state index contributed by atoms with van der Waals surface area (Å²) in [6.07, 6.45) is 8.90. The molecule has 7 rings (SSSR count). The van der Waals surface area contributed by atoms with E-state index in [9.17, 15) is 4.79 Å². The Morgan fingerprint density at radius 3 is 2.75 bits per heavy atom. The van der Waals surface area contributed by atoms with Gasteiger partial charge in [0.1, 0.15) is 29.6 Å². The van der Waals surface area contributed by atoms with Gasteiger partial charge in [-0.25, -0.2) is 9.67 Å². The molecule has 4 heterocycles. The summed E-state index contributed by atoms with van der Waals surface area (Å²) in [5, 5.41) is 5.65. The van der Waals surface area contributed by atoms with Crippen LogP contribution in [0.5, 0.6) is 11.5 Å². The molecule has 36 heavy (non-hydrogen) atoms. The summed E-state index contributed by atoms with van der Waals surface area (Å²) >= 11 is 1.64. The molecule has 0 bridgehead atoms. The standard InChI is InChI=1S/C28H22N4O3S/c33-27-25-20-7-4-8-23(20)36-28(25)30-24(29-27)12-10-18-16-32(19-5-2-1-3-6-19)31-26(18)17-9-11-21-22(15-17)35-14-13-34-21/h1-3,5-6,9-12,15-16H,4,7-8,13-14H2,(H,29,30,33). The summed E-state index contributed by atoms with van der Waals surface area (Å²) in [5.41, 5.74) is 4.69. The fourth-order valence-electron chi connectivity index (χ4n) is 4.90. The van der Waals surface area contributed by atoms with Crippen molar-refractivity contribution in [3.05, 3.63) is 86.9 Å². The predicted molar refractivity (Wildman–Crippen MR) is 141 cm³/mol. The van der Waals surface area contributed by atoms with E-state index in [1.54, 1.807) is 11.3 Å². The van der Waals surface area contributed by atoms with Crippen molar-refractivity contribution in [2.75, 3.05) is 13.2 Å². The number of ether oxygens (including phenoxy) is 2. The maximum absolute atomic E-state index is 12.9. The molecular weight excluding hydrogens is 472 g/mol. The monoisotopic (exact) mass is 494 g/mol. The van der Waals surface area contributed by atoms with Gasteiger partial charge in [-0.3, -0.25) is 4.79 Å². The number of hydrogen-bond acceptors (Lipinski definition) is 6. The molecule has 5 aromatic rings. The third kappa shape index (κ3) is 3.61. The van der Waals surface area contributed by atoms with E-state index in [1.807, 2.05) is 71.6 Å². The number of aromatic nitrogens is 4. The Morgan fingerprint density at radius 2 is 1.86 bits per heavy atom. The molecule has 7 nitrogen and oxygen atoms in total. The molecule has 0 spiro atoms. The number of H-pyrrole nitrogens is 1. The zero-order valence-corrected chi connectivity index (χ0v) is 20.2. The number of para-hydroxylation sites is 1. The second kappa shape index (κ2) is 8.49. The lowest BCUT2D eigenvalue weighted by Crippen LogP contribution is -2.15. The summed E-state index contributed by atoms with van der Waals surface area (Å²) in [5.74, 6) is 1.99. The highest BCUT2D eigenvalue weighted by Gasteiger charge is 2.21. The summed E-state index contributed by atoms with van der Waals surface area (Å²) in [4.78, 5) is 22.7. The Balaban J connectivity index is 1.31. The molecule has 1 aliphatic heterocycles. The van der Waals surface area contributed by atoms with E-state index < -0.39 is 0 Å². The van der Waals surface area contributed by atoms with Crippen LogP contribution >= 0.6 is 11.3 Å². The van der Waals surface area contributed by atoms with Crippen LogP contribution in [-0.4, -0.2) is 33.0 Å². The van der Waals surface area contributed by atoms with Crippen molar-refractivity contribution in [2.24, 2.45) is 0 Å². The van der Waals surface area contributed by atoms with E-state index in [1.165, 1.54) is 10.4 Å². The molecule has 0 fully saturated rings. The van der Waals surface area contributed by atoms with Gasteiger partial charge in [0, 0.05) is 22.2 Å². The smallest absolute Gasteiger partial charge is 0.260 e. The number of aromatic amines is 1. The number of aryl methyl sites for hydroxylation is 2. The molecule has 2 aromatic carbocycles. The zero-order chi connectivity index (χ0) is 24.1. The fraction of sp³-hybridized carbons (Fsp3) is 0.179. The zero-order valence-electron chi connectivity index (χ0n) is 19.4. The SMILES string of the molecule is O=c1[nH]c(C=Cc2cn(-c3ccccc3)nc2-c2ccc3c(c2)OCCO3)nc2sc3c(c12)CCC3. The minimum atomic E-state index is -0.0638. The molecule has 0 amide bonds. The van der Waals surface area contributed by atoms with Gasteiger partial charge in [0.2, 0.25) is 0 Å². The molecule has 0 atom stereocenters. The van der Waals surface area contributed by atoms with Crippen LogP contribution in [0.15, 0.2) is 59.5 Å². The number of hydrogen-bond donors (Lipinski definition) is 1. The quantitative estimate of drug-likeness (QED) is 0.368. The summed E-state index contributed by atoms with van der Waals surface area (Å²) in [6.45, 7) is 1.07. The van der Waals surface area contributed by atoms with Crippen LogP contribution in [0.2, 0.25) is 0 Å². The second-order valence-corrected chi connectivity index (χ2v) is 9.98. The first-order chi connectivity index (χ1) is 17.7. The highest BCUT2D eigenvalue weighted by Crippen LogP contribution is 2.36. The van der Waals surface area contributed by atoms with Crippen LogP contribution in [0.3, 0.4) is 0 Å². The highest BCUT2D eigenvalue weighted by molar-refractivity contribution is 7.18. The molecule has 1 aliphatic carbocycles. The Kier molecular flexibility index (Phi) is 4.99. The number of nitrogens with zero attached hydrogens (tertiary/aromatic N) is 3. The Morgan fingerprint density at radius 1 is 1.00 bits per heavy atom. The summed E-state index contributed by atoms with van der Waals surface area (Å²) in [7, 11) is 0. The first-order valence-electron chi connectivity index (χ1n) is 12.0. The molecule has 0 radical (unpaired) electrons. The van der Waals surface area contributed by atoms with Gasteiger partial charge in [0.15, 0.2) is 11.5 Å². The topological polar surface area (TPSA) is 82.0 Å². The summed E-state index contributed by atoms with van der Waals surface area (Å²) in [6, 6.07) is 15.8. The third-order valence-electron chi connectivity index (χ3n) is 6.59. The first-order valence-corrected chi connectivity index (χ1v) is 12.8. The number of fused-ring (bicyclic) bond motifs is 4. The van der Waals surface area contributed by atoms with Gasteiger partial charge in [-0.05, 0) is 67.3 Å². The Bertz CT molecular complexity index is 1700. The Labute approximate surface area is 210 Å². The van der Waals surface area contributed by atoms with Gasteiger partial charge in [-0.15, -0.1) is 11.3 Å². The van der Waals surface area contributed by atoms with E-state index in [0.29, 0.717) is 24.8 Å². The molecule has 3 aromatic heterocycles. The van der Waals surface area contributed by atoms with Crippen LogP contribution < -0.4 is 15.0 Å². The lowest BCUT2D eigenvalue weighted by molar-refractivity contribution is 0.171. The first kappa shape index (κ1) is 21.1. The van der Waals surface area contributed by atoms with Crippen molar-refractivity contribution in [3.63, 3.8) is 0 Å². The predicted octanol–water partition coefficient (Wildman–Crippen LogP) is 5.27. The summed E-state index contributed by atoms with van der Waals surface area (Å²) < 4.78 is 13.3. The molecule has 1 N–H and O–H groups in total. The van der Waals surface area contributed by atoms with Crippen molar-refractivity contribution in [1.29, 1.82) is 0 Å². The minimum Gasteiger partial charge on any atom is -0.486 e. The fourth-order valence-corrected chi connectivity index (χ4v) is 6.17. The van der Waals surface area contributed by atoms with Gasteiger partial charge >= 0.3 is 0 Å². The van der Waals surface area contributed by atoms with Crippen LogP contribution in [0, 0.1) is 0 Å². The van der Waals surface area contributed by atoms with Crippen LogP contribution in [0.25, 0.3) is 39.3 Å². The average Bonchev–Trinajstić information content (AvgIpc) is 3.62. The van der Waals surface area contributed by atoms with E-state index in [0.717, 1.165) is 57.7 Å². The highest BCUT2D eigenvalue weighted by atomic mass is 32.1. The number of rotatable bonds is 4. The van der Waals surface area contributed by atoms with Gasteiger partial charge in [0.25, 0.3) is 5.56 Å². The van der Waals surface area contributed by atoms with Crippen LogP contribution in [-0.2, 0) is 12.8 Å². The molecule has 0 saturated heterocycles.